The molecule has 1 aliphatic rings. The van der Waals surface area contributed by atoms with Crippen molar-refractivity contribution in [1.29, 1.82) is 0 Å². The molecule has 1 saturated heterocycles. The topological polar surface area (TPSA) is 55.6 Å². The van der Waals surface area contributed by atoms with E-state index < -0.39 is 0 Å². The van der Waals surface area contributed by atoms with Gasteiger partial charge >= 0.3 is 0 Å². The van der Waals surface area contributed by atoms with Crippen LogP contribution < -0.4 is 5.32 Å². The first-order valence-corrected chi connectivity index (χ1v) is 6.42. The van der Waals surface area contributed by atoms with E-state index >= 15 is 0 Å². The number of hydrogen-bond acceptors (Lipinski definition) is 4. The van der Waals surface area contributed by atoms with Gasteiger partial charge in [0.25, 0.3) is 0 Å². The van der Waals surface area contributed by atoms with E-state index in [0.29, 0.717) is 5.82 Å². The molecule has 0 atom stereocenters. The number of aryl methyl sites for hydroxylation is 1. The Bertz CT molecular complexity index is 574. The minimum atomic E-state index is -0.332. The van der Waals surface area contributed by atoms with Gasteiger partial charge in [0.2, 0.25) is 0 Å². The van der Waals surface area contributed by atoms with Gasteiger partial charge in [0.05, 0.1) is 12.5 Å². The summed E-state index contributed by atoms with van der Waals surface area (Å²) < 4.78 is 13.5. The fraction of sp³-hybridized carbons (Fsp3) is 0.462. The fourth-order valence-corrected chi connectivity index (χ4v) is 2.76. The van der Waals surface area contributed by atoms with Gasteiger partial charge in [-0.1, -0.05) is 12.1 Å². The summed E-state index contributed by atoms with van der Waals surface area (Å²) in [6.07, 6.45) is 1.70. The number of rotatable bonds is 2. The Morgan fingerprint density at radius 2 is 2.11 bits per heavy atom. The van der Waals surface area contributed by atoms with Crippen LogP contribution in [0.5, 0.6) is 0 Å². The second kappa shape index (κ2) is 4.70. The van der Waals surface area contributed by atoms with Crippen molar-refractivity contribution in [2.24, 2.45) is 7.05 Å². The van der Waals surface area contributed by atoms with Crippen LogP contribution in [0.3, 0.4) is 0 Å². The van der Waals surface area contributed by atoms with Crippen LogP contribution in [-0.4, -0.2) is 33.3 Å². The third-order valence-electron chi connectivity index (χ3n) is 3.77. The van der Waals surface area contributed by atoms with Crippen molar-refractivity contribution in [2.45, 2.75) is 18.3 Å². The molecule has 1 aromatic carbocycles. The van der Waals surface area contributed by atoms with Crippen molar-refractivity contribution in [3.63, 3.8) is 0 Å². The van der Waals surface area contributed by atoms with E-state index in [-0.39, 0.29) is 11.2 Å². The maximum atomic E-state index is 13.5. The van der Waals surface area contributed by atoms with E-state index in [1.807, 2.05) is 6.07 Å². The molecule has 1 N–H and O–H groups in total. The molecule has 0 bridgehead atoms. The lowest BCUT2D eigenvalue weighted by Gasteiger charge is -2.35. The summed E-state index contributed by atoms with van der Waals surface area (Å²) in [6, 6.07) is 6.74. The van der Waals surface area contributed by atoms with E-state index in [9.17, 15) is 4.39 Å². The zero-order valence-electron chi connectivity index (χ0n) is 10.8. The van der Waals surface area contributed by atoms with Crippen molar-refractivity contribution in [1.82, 2.24) is 25.5 Å². The lowest BCUT2D eigenvalue weighted by molar-refractivity contribution is 0.343. The monoisotopic (exact) mass is 261 g/mol. The van der Waals surface area contributed by atoms with Gasteiger partial charge in [0.15, 0.2) is 5.82 Å². The van der Waals surface area contributed by atoms with Gasteiger partial charge in [-0.15, -0.1) is 10.2 Å². The molecule has 0 unspecified atom stereocenters. The van der Waals surface area contributed by atoms with E-state index in [2.05, 4.69) is 20.7 Å². The molecule has 5 nitrogen and oxygen atoms in total. The van der Waals surface area contributed by atoms with Crippen LogP contribution >= 0.6 is 0 Å². The number of halogens is 1. The molecule has 1 fully saturated rings. The predicted octanol–water partition coefficient (Wildman–Crippen LogP) is 1.02. The SMILES string of the molecule is Cn1nnc(C2(c3cccc(F)c3)CCNCC2)n1. The Morgan fingerprint density at radius 1 is 1.32 bits per heavy atom. The second-order valence-corrected chi connectivity index (χ2v) is 4.94. The van der Waals surface area contributed by atoms with E-state index in [1.54, 1.807) is 19.2 Å². The molecular weight excluding hydrogens is 245 g/mol. The molecule has 0 radical (unpaired) electrons. The van der Waals surface area contributed by atoms with E-state index in [4.69, 9.17) is 0 Å². The van der Waals surface area contributed by atoms with Crippen molar-refractivity contribution in [2.75, 3.05) is 13.1 Å². The highest BCUT2D eigenvalue weighted by Crippen LogP contribution is 2.38. The zero-order valence-corrected chi connectivity index (χ0v) is 10.8. The highest BCUT2D eigenvalue weighted by molar-refractivity contribution is 5.33. The minimum Gasteiger partial charge on any atom is -0.317 e. The van der Waals surface area contributed by atoms with Crippen molar-refractivity contribution < 1.29 is 4.39 Å². The molecule has 1 aliphatic heterocycles. The molecule has 2 heterocycles. The molecule has 2 aromatic rings. The Balaban J connectivity index is 2.11. The number of hydrogen-bond donors (Lipinski definition) is 1. The summed E-state index contributed by atoms with van der Waals surface area (Å²) in [5, 5.41) is 15.8. The lowest BCUT2D eigenvalue weighted by atomic mass is 9.72. The Hall–Kier alpha value is -1.82. The first-order chi connectivity index (χ1) is 9.21. The second-order valence-electron chi connectivity index (χ2n) is 4.94. The minimum absolute atomic E-state index is 0.223. The van der Waals surface area contributed by atoms with Gasteiger partial charge in [-0.3, -0.25) is 0 Å². The average molecular weight is 261 g/mol. The van der Waals surface area contributed by atoms with Crippen LogP contribution in [-0.2, 0) is 12.5 Å². The largest absolute Gasteiger partial charge is 0.317 e. The molecule has 0 spiro atoms. The normalized spacial score (nSPS) is 18.4. The number of piperidine rings is 1. The number of nitrogens with one attached hydrogen (secondary N) is 1. The average Bonchev–Trinajstić information content (AvgIpc) is 2.87. The van der Waals surface area contributed by atoms with Gasteiger partial charge in [0, 0.05) is 0 Å². The first-order valence-electron chi connectivity index (χ1n) is 6.42. The number of nitrogens with zero attached hydrogens (tertiary/aromatic N) is 4. The van der Waals surface area contributed by atoms with Crippen molar-refractivity contribution >= 4 is 0 Å². The van der Waals surface area contributed by atoms with Crippen LogP contribution in [0.25, 0.3) is 0 Å². The number of benzene rings is 1. The van der Waals surface area contributed by atoms with Gasteiger partial charge in [-0.05, 0) is 48.8 Å². The van der Waals surface area contributed by atoms with Crippen LogP contribution in [0.2, 0.25) is 0 Å². The zero-order chi connectivity index (χ0) is 13.3. The number of aromatic nitrogens is 4. The lowest BCUT2D eigenvalue weighted by Crippen LogP contribution is -2.41. The summed E-state index contributed by atoms with van der Waals surface area (Å²) in [5.74, 6) is 0.460. The van der Waals surface area contributed by atoms with E-state index in [1.165, 1.54) is 10.9 Å². The summed E-state index contributed by atoms with van der Waals surface area (Å²) >= 11 is 0. The third kappa shape index (κ3) is 2.12. The molecule has 100 valence electrons. The molecule has 19 heavy (non-hydrogen) atoms. The number of tetrazole rings is 1. The highest BCUT2D eigenvalue weighted by Gasteiger charge is 2.39. The summed E-state index contributed by atoms with van der Waals surface area (Å²) in [6.45, 7) is 1.74. The third-order valence-corrected chi connectivity index (χ3v) is 3.77. The molecule has 0 aliphatic carbocycles. The fourth-order valence-electron chi connectivity index (χ4n) is 2.76. The smallest absolute Gasteiger partial charge is 0.185 e. The molecular formula is C13H16FN5. The van der Waals surface area contributed by atoms with Crippen molar-refractivity contribution in [3.05, 3.63) is 41.5 Å². The predicted molar refractivity (Wildman–Crippen MR) is 68.1 cm³/mol. The van der Waals surface area contributed by atoms with Crippen LogP contribution in [0.4, 0.5) is 4.39 Å². The summed E-state index contributed by atoms with van der Waals surface area (Å²) in [5.41, 5.74) is 0.601. The molecule has 1 aromatic heterocycles. The molecule has 0 amide bonds. The Morgan fingerprint density at radius 3 is 2.74 bits per heavy atom. The Labute approximate surface area is 110 Å². The van der Waals surface area contributed by atoms with Gasteiger partial charge in [-0.2, -0.15) is 4.80 Å². The summed E-state index contributed by atoms with van der Waals surface area (Å²) in [7, 11) is 1.75. The quantitative estimate of drug-likeness (QED) is 0.877. The van der Waals surface area contributed by atoms with Crippen LogP contribution in [0, 0.1) is 5.82 Å². The maximum Gasteiger partial charge on any atom is 0.185 e. The first kappa shape index (κ1) is 12.2. The maximum absolute atomic E-state index is 13.5. The standard InChI is InChI=1S/C13H16FN5/c1-19-17-12(16-18-19)13(5-7-15-8-6-13)10-3-2-4-11(14)9-10/h2-4,9,15H,5-8H2,1H3. The van der Waals surface area contributed by atoms with Gasteiger partial charge in [0.1, 0.15) is 5.82 Å². The molecule has 0 saturated carbocycles. The Kier molecular flexibility index (Phi) is 3.02. The van der Waals surface area contributed by atoms with Gasteiger partial charge < -0.3 is 5.32 Å². The van der Waals surface area contributed by atoms with Crippen molar-refractivity contribution in [3.8, 4) is 0 Å². The van der Waals surface area contributed by atoms with Crippen LogP contribution in [0.1, 0.15) is 24.2 Å². The molecule has 3 rings (SSSR count). The molecule has 6 heteroatoms. The highest BCUT2D eigenvalue weighted by atomic mass is 19.1. The van der Waals surface area contributed by atoms with E-state index in [0.717, 1.165) is 31.5 Å². The van der Waals surface area contributed by atoms with Gasteiger partial charge in [-0.25, -0.2) is 4.39 Å². The van der Waals surface area contributed by atoms with Crippen LogP contribution in [0.15, 0.2) is 24.3 Å². The summed E-state index contributed by atoms with van der Waals surface area (Å²) in [4.78, 5) is 1.46.